The molecule has 1 saturated heterocycles. The van der Waals surface area contributed by atoms with Gasteiger partial charge >= 0.3 is 0 Å². The number of thiophene rings is 1. The van der Waals surface area contributed by atoms with Gasteiger partial charge in [-0.2, -0.15) is 5.10 Å². The van der Waals surface area contributed by atoms with Crippen molar-refractivity contribution in [1.29, 1.82) is 0 Å². The van der Waals surface area contributed by atoms with Gasteiger partial charge in [0.1, 0.15) is 5.82 Å². The molecule has 128 valence electrons. The summed E-state index contributed by atoms with van der Waals surface area (Å²) in [5.74, 6) is 0.478. The first kappa shape index (κ1) is 17.4. The number of carbonyl (C=O) groups is 1. The summed E-state index contributed by atoms with van der Waals surface area (Å²) < 4.78 is 26.0. The number of nitrogens with one attached hydrogen (secondary N) is 1. The zero-order valence-electron chi connectivity index (χ0n) is 12.9. The van der Waals surface area contributed by atoms with E-state index < -0.39 is 9.84 Å². The van der Waals surface area contributed by atoms with E-state index in [0.29, 0.717) is 12.2 Å². The summed E-state index contributed by atoms with van der Waals surface area (Å²) >= 11 is 4.90. The smallest absolute Gasteiger partial charge is 0.249 e. The van der Waals surface area contributed by atoms with Gasteiger partial charge in [-0.3, -0.25) is 4.79 Å². The number of hydrogen-bond donors (Lipinski definition) is 1. The van der Waals surface area contributed by atoms with Crippen LogP contribution in [0.3, 0.4) is 0 Å². The highest BCUT2D eigenvalue weighted by Gasteiger charge is 2.31. The van der Waals surface area contributed by atoms with E-state index in [1.807, 2.05) is 19.1 Å². The molecule has 1 aliphatic rings. The van der Waals surface area contributed by atoms with E-state index in [-0.39, 0.29) is 23.5 Å². The molecule has 1 unspecified atom stereocenters. The zero-order valence-corrected chi connectivity index (χ0v) is 16.1. The van der Waals surface area contributed by atoms with E-state index >= 15 is 0 Å². The molecule has 1 aliphatic heterocycles. The minimum atomic E-state index is -3.01. The van der Waals surface area contributed by atoms with Crippen molar-refractivity contribution in [2.75, 3.05) is 16.8 Å². The van der Waals surface area contributed by atoms with Gasteiger partial charge in [-0.25, -0.2) is 13.1 Å². The fourth-order valence-corrected chi connectivity index (χ4v) is 5.62. The molecule has 2 aromatic rings. The molecule has 0 aromatic carbocycles. The number of sulfone groups is 1. The number of aryl methyl sites for hydroxylation is 1. The highest BCUT2D eigenvalue weighted by atomic mass is 79.9. The maximum Gasteiger partial charge on any atom is 0.249 e. The molecule has 1 amide bonds. The molecule has 6 nitrogen and oxygen atoms in total. The molecule has 2 aromatic heterocycles. The van der Waals surface area contributed by atoms with Gasteiger partial charge in [-0.15, -0.1) is 11.3 Å². The molecule has 0 aliphatic carbocycles. The predicted octanol–water partition coefficient (Wildman–Crippen LogP) is 3.03. The van der Waals surface area contributed by atoms with Crippen LogP contribution in [0.4, 0.5) is 5.82 Å². The Morgan fingerprint density at radius 3 is 2.92 bits per heavy atom. The Kier molecular flexibility index (Phi) is 4.93. The maximum absolute atomic E-state index is 12.1. The van der Waals surface area contributed by atoms with E-state index in [0.717, 1.165) is 14.4 Å². The summed E-state index contributed by atoms with van der Waals surface area (Å²) in [6, 6.07) is 5.35. The number of anilines is 1. The van der Waals surface area contributed by atoms with Crippen molar-refractivity contribution in [2.45, 2.75) is 19.4 Å². The Bertz CT molecular complexity index is 899. The largest absolute Gasteiger partial charge is 0.307 e. The molecule has 0 radical (unpaired) electrons. The number of rotatable bonds is 4. The van der Waals surface area contributed by atoms with Crippen molar-refractivity contribution in [3.63, 3.8) is 0 Å². The Balaban J connectivity index is 1.73. The molecule has 0 spiro atoms. The molecule has 3 rings (SSSR count). The third-order valence-corrected chi connectivity index (χ3v) is 7.00. The minimum absolute atomic E-state index is 0.0655. The van der Waals surface area contributed by atoms with E-state index in [9.17, 15) is 13.2 Å². The van der Waals surface area contributed by atoms with Crippen molar-refractivity contribution in [1.82, 2.24) is 9.78 Å². The number of aromatic nitrogens is 2. The molecular formula is C15H16BrN3O3S2. The molecule has 0 saturated carbocycles. The number of hydrogen-bond acceptors (Lipinski definition) is 5. The van der Waals surface area contributed by atoms with Gasteiger partial charge in [-0.1, -0.05) is 0 Å². The lowest BCUT2D eigenvalue weighted by Crippen LogP contribution is -2.18. The van der Waals surface area contributed by atoms with Gasteiger partial charge in [0.05, 0.1) is 27.0 Å². The predicted molar refractivity (Wildman–Crippen MR) is 99.0 cm³/mol. The van der Waals surface area contributed by atoms with Crippen LogP contribution in [0, 0.1) is 6.92 Å². The molecule has 1 fully saturated rings. The van der Waals surface area contributed by atoms with Gasteiger partial charge < -0.3 is 5.32 Å². The van der Waals surface area contributed by atoms with Crippen molar-refractivity contribution in [3.05, 3.63) is 38.6 Å². The normalized spacial score (nSPS) is 19.8. The average Bonchev–Trinajstić information content (AvgIpc) is 3.16. The number of nitrogens with zero attached hydrogens (tertiary/aromatic N) is 2. The van der Waals surface area contributed by atoms with Gasteiger partial charge in [0.15, 0.2) is 9.84 Å². The topological polar surface area (TPSA) is 81.1 Å². The second kappa shape index (κ2) is 6.81. The van der Waals surface area contributed by atoms with Crippen LogP contribution >= 0.6 is 27.3 Å². The zero-order chi connectivity index (χ0) is 17.3. The van der Waals surface area contributed by atoms with E-state index in [2.05, 4.69) is 26.3 Å². The lowest BCUT2D eigenvalue weighted by molar-refractivity contribution is -0.111. The van der Waals surface area contributed by atoms with Crippen molar-refractivity contribution in [3.8, 4) is 0 Å². The van der Waals surface area contributed by atoms with Crippen molar-refractivity contribution in [2.24, 2.45) is 0 Å². The van der Waals surface area contributed by atoms with Crippen LogP contribution < -0.4 is 5.32 Å². The van der Waals surface area contributed by atoms with Crippen LogP contribution in [-0.2, 0) is 14.6 Å². The Morgan fingerprint density at radius 1 is 1.50 bits per heavy atom. The molecule has 24 heavy (non-hydrogen) atoms. The van der Waals surface area contributed by atoms with Crippen molar-refractivity contribution >= 4 is 54.9 Å². The first-order valence-corrected chi connectivity index (χ1v) is 10.8. The van der Waals surface area contributed by atoms with E-state index in [1.54, 1.807) is 16.8 Å². The Hall–Kier alpha value is -1.45. The van der Waals surface area contributed by atoms with Crippen LogP contribution in [0.25, 0.3) is 6.08 Å². The summed E-state index contributed by atoms with van der Waals surface area (Å²) in [6.07, 6.45) is 3.71. The molecule has 1 atom stereocenters. The highest BCUT2D eigenvalue weighted by Crippen LogP contribution is 2.27. The Morgan fingerprint density at radius 2 is 2.29 bits per heavy atom. The summed E-state index contributed by atoms with van der Waals surface area (Å²) in [7, 11) is -3.01. The lowest BCUT2D eigenvalue weighted by Gasteiger charge is -2.13. The molecular weight excluding hydrogens is 414 g/mol. The third-order valence-electron chi connectivity index (χ3n) is 3.66. The fraction of sp³-hybridized carbons (Fsp3) is 0.333. The quantitative estimate of drug-likeness (QED) is 0.757. The van der Waals surface area contributed by atoms with Crippen LogP contribution in [0.2, 0.25) is 0 Å². The maximum atomic E-state index is 12.1. The fourth-order valence-electron chi connectivity index (χ4n) is 2.60. The van der Waals surface area contributed by atoms with Crippen LogP contribution in [0.1, 0.15) is 23.0 Å². The van der Waals surface area contributed by atoms with Crippen LogP contribution in [-0.4, -0.2) is 35.6 Å². The third kappa shape index (κ3) is 4.14. The van der Waals surface area contributed by atoms with Crippen molar-refractivity contribution < 1.29 is 13.2 Å². The van der Waals surface area contributed by atoms with E-state index in [4.69, 9.17) is 0 Å². The van der Waals surface area contributed by atoms with Gasteiger partial charge in [0, 0.05) is 17.0 Å². The van der Waals surface area contributed by atoms with Gasteiger partial charge in [-0.05, 0) is 47.5 Å². The van der Waals surface area contributed by atoms with Crippen LogP contribution in [0.15, 0.2) is 28.1 Å². The molecule has 3 heterocycles. The van der Waals surface area contributed by atoms with Gasteiger partial charge in [0.25, 0.3) is 0 Å². The number of amides is 1. The second-order valence-corrected chi connectivity index (χ2v) is 10.4. The van der Waals surface area contributed by atoms with Crippen LogP contribution in [0.5, 0.6) is 0 Å². The highest BCUT2D eigenvalue weighted by molar-refractivity contribution is 9.11. The summed E-state index contributed by atoms with van der Waals surface area (Å²) in [6.45, 7) is 1.81. The van der Waals surface area contributed by atoms with E-state index in [1.165, 1.54) is 17.4 Å². The molecule has 0 bridgehead atoms. The SMILES string of the molecule is Cc1cc(NC(=O)C=Cc2ccc(Br)s2)n(C2CCS(=O)(=O)C2)n1. The Labute approximate surface area is 152 Å². The van der Waals surface area contributed by atoms with Gasteiger partial charge in [0.2, 0.25) is 5.91 Å². The lowest BCUT2D eigenvalue weighted by atomic mass is 10.3. The standard InChI is InChI=1S/C15H16BrN3O3S2/c1-10-8-14(19(18-10)11-6-7-24(21,22)9-11)17-15(20)5-3-12-2-4-13(16)23-12/h2-5,8,11H,6-7,9H2,1H3,(H,17,20). The summed E-state index contributed by atoms with van der Waals surface area (Å²) in [4.78, 5) is 13.1. The summed E-state index contributed by atoms with van der Waals surface area (Å²) in [5.41, 5.74) is 0.737. The second-order valence-electron chi connectivity index (χ2n) is 5.64. The minimum Gasteiger partial charge on any atom is -0.307 e. The molecule has 9 heteroatoms. The first-order valence-electron chi connectivity index (χ1n) is 7.33. The number of carbonyl (C=O) groups excluding carboxylic acids is 1. The molecule has 1 N–H and O–H groups in total. The summed E-state index contributed by atoms with van der Waals surface area (Å²) in [5, 5.41) is 7.13. The number of halogens is 1. The average molecular weight is 430 g/mol. The monoisotopic (exact) mass is 429 g/mol. The first-order chi connectivity index (χ1) is 11.3.